The second-order valence-corrected chi connectivity index (χ2v) is 7.18. The molecule has 0 radical (unpaired) electrons. The standard InChI is InChI=1S/C19H20FO4P/c1-3-23-25(22,24-4-2)19(21)18-8-6-5-7-16(18)12-9-15-10-13-17(20)14-11-15/h5-8,10-11,13-14,19,21H,3-4H2,1-2H3. The number of aliphatic hydroxyl groups is 1. The van der Waals surface area contributed by atoms with Crippen molar-refractivity contribution in [3.05, 3.63) is 71.0 Å². The van der Waals surface area contributed by atoms with Gasteiger partial charge in [0.1, 0.15) is 5.82 Å². The summed E-state index contributed by atoms with van der Waals surface area (Å²) in [5.41, 5.74) is 1.49. The normalized spacial score (nSPS) is 12.3. The lowest BCUT2D eigenvalue weighted by atomic mass is 10.1. The number of halogens is 1. The summed E-state index contributed by atoms with van der Waals surface area (Å²) < 4.78 is 36.2. The van der Waals surface area contributed by atoms with Crippen LogP contribution in [0.2, 0.25) is 0 Å². The first-order chi connectivity index (χ1) is 12.0. The van der Waals surface area contributed by atoms with Crippen LogP contribution in [-0.2, 0) is 13.6 Å². The molecule has 2 rings (SSSR count). The maximum atomic E-state index is 13.0. The smallest absolute Gasteiger partial charge is 0.363 e. The molecule has 2 aromatic carbocycles. The van der Waals surface area contributed by atoms with Gasteiger partial charge in [0.15, 0.2) is 5.85 Å². The third kappa shape index (κ3) is 5.01. The van der Waals surface area contributed by atoms with Gasteiger partial charge in [0, 0.05) is 16.7 Å². The van der Waals surface area contributed by atoms with Crippen molar-refractivity contribution in [3.63, 3.8) is 0 Å². The molecule has 1 N–H and O–H groups in total. The molecular weight excluding hydrogens is 342 g/mol. The van der Waals surface area contributed by atoms with E-state index in [2.05, 4.69) is 11.8 Å². The van der Waals surface area contributed by atoms with Crippen LogP contribution in [0.15, 0.2) is 48.5 Å². The van der Waals surface area contributed by atoms with Crippen LogP contribution in [-0.4, -0.2) is 18.3 Å². The van der Waals surface area contributed by atoms with Crippen LogP contribution in [0.25, 0.3) is 0 Å². The Balaban J connectivity index is 2.37. The minimum absolute atomic E-state index is 0.151. The third-order valence-electron chi connectivity index (χ3n) is 3.34. The second kappa shape index (κ2) is 8.94. The number of benzene rings is 2. The van der Waals surface area contributed by atoms with Crippen molar-refractivity contribution in [2.24, 2.45) is 0 Å². The Kier molecular flexibility index (Phi) is 6.92. The predicted octanol–water partition coefficient (Wildman–Crippen LogP) is 4.48. The van der Waals surface area contributed by atoms with Crippen molar-refractivity contribution < 1.29 is 23.1 Å². The SMILES string of the molecule is CCOP(=O)(OCC)C(O)c1ccccc1C#Cc1ccc(F)cc1. The van der Waals surface area contributed by atoms with Gasteiger partial charge in [-0.05, 0) is 44.2 Å². The molecule has 0 amide bonds. The van der Waals surface area contributed by atoms with Crippen molar-refractivity contribution >= 4 is 7.60 Å². The van der Waals surface area contributed by atoms with Gasteiger partial charge in [0.05, 0.1) is 13.2 Å². The molecule has 0 heterocycles. The maximum Gasteiger partial charge on any atom is 0.363 e. The fourth-order valence-corrected chi connectivity index (χ4v) is 3.86. The number of hydrogen-bond donors (Lipinski definition) is 1. The molecule has 0 aliphatic heterocycles. The van der Waals surface area contributed by atoms with E-state index in [0.29, 0.717) is 16.7 Å². The summed E-state index contributed by atoms with van der Waals surface area (Å²) in [7, 11) is -3.72. The summed E-state index contributed by atoms with van der Waals surface area (Å²) in [5.74, 6) is 4.05. The quantitative estimate of drug-likeness (QED) is 0.608. The largest absolute Gasteiger partial charge is 0.376 e. The molecule has 25 heavy (non-hydrogen) atoms. The third-order valence-corrected chi connectivity index (χ3v) is 5.46. The molecule has 2 aromatic rings. The van der Waals surface area contributed by atoms with Crippen molar-refractivity contribution in [1.29, 1.82) is 0 Å². The van der Waals surface area contributed by atoms with E-state index in [9.17, 15) is 14.1 Å². The molecule has 132 valence electrons. The first kappa shape index (κ1) is 19.4. The fourth-order valence-electron chi connectivity index (χ4n) is 2.22. The van der Waals surface area contributed by atoms with Gasteiger partial charge in [-0.15, -0.1) is 0 Å². The van der Waals surface area contributed by atoms with E-state index in [0.717, 1.165) is 0 Å². The molecule has 1 unspecified atom stereocenters. The molecule has 0 aliphatic rings. The molecule has 0 saturated carbocycles. The summed E-state index contributed by atoms with van der Waals surface area (Å²) in [5, 5.41) is 10.6. The van der Waals surface area contributed by atoms with E-state index in [1.54, 1.807) is 50.2 Å². The highest BCUT2D eigenvalue weighted by Crippen LogP contribution is 2.59. The van der Waals surface area contributed by atoms with E-state index >= 15 is 0 Å². The Labute approximate surface area is 147 Å². The molecule has 4 nitrogen and oxygen atoms in total. The average molecular weight is 362 g/mol. The highest BCUT2D eigenvalue weighted by Gasteiger charge is 2.36. The number of aliphatic hydroxyl groups excluding tert-OH is 1. The molecule has 0 spiro atoms. The Morgan fingerprint density at radius 3 is 2.24 bits per heavy atom. The molecule has 6 heteroatoms. The highest BCUT2D eigenvalue weighted by atomic mass is 31.2. The van der Waals surface area contributed by atoms with Crippen LogP contribution in [0, 0.1) is 17.7 Å². The summed E-state index contributed by atoms with van der Waals surface area (Å²) in [6, 6.07) is 12.6. The van der Waals surface area contributed by atoms with Crippen molar-refractivity contribution in [2.75, 3.05) is 13.2 Å². The summed E-state index contributed by atoms with van der Waals surface area (Å²) >= 11 is 0. The fraction of sp³-hybridized carbons (Fsp3) is 0.263. The van der Waals surface area contributed by atoms with Gasteiger partial charge in [0.2, 0.25) is 0 Å². The van der Waals surface area contributed by atoms with Gasteiger partial charge >= 0.3 is 7.60 Å². The van der Waals surface area contributed by atoms with Crippen molar-refractivity contribution in [1.82, 2.24) is 0 Å². The lowest BCUT2D eigenvalue weighted by Gasteiger charge is -2.23. The molecule has 0 aliphatic carbocycles. The Bertz CT molecular complexity index is 798. The summed E-state index contributed by atoms with van der Waals surface area (Å²) in [4.78, 5) is 0. The van der Waals surface area contributed by atoms with Gasteiger partial charge < -0.3 is 14.2 Å². The Morgan fingerprint density at radius 2 is 1.64 bits per heavy atom. The first-order valence-electron chi connectivity index (χ1n) is 7.93. The lowest BCUT2D eigenvalue weighted by Crippen LogP contribution is -2.07. The van der Waals surface area contributed by atoms with E-state index < -0.39 is 13.4 Å². The molecule has 1 atom stereocenters. The van der Waals surface area contributed by atoms with Crippen LogP contribution in [0.1, 0.15) is 36.4 Å². The zero-order valence-corrected chi connectivity index (χ0v) is 15.0. The Hall–Kier alpha value is -1.96. The van der Waals surface area contributed by atoms with Crippen LogP contribution in [0.3, 0.4) is 0 Å². The van der Waals surface area contributed by atoms with Gasteiger partial charge in [-0.3, -0.25) is 4.57 Å². The lowest BCUT2D eigenvalue weighted by molar-refractivity contribution is 0.150. The van der Waals surface area contributed by atoms with E-state index in [1.807, 2.05) is 0 Å². The zero-order chi connectivity index (χ0) is 18.3. The monoisotopic (exact) mass is 362 g/mol. The van der Waals surface area contributed by atoms with E-state index in [4.69, 9.17) is 9.05 Å². The second-order valence-electron chi connectivity index (χ2n) is 5.09. The van der Waals surface area contributed by atoms with Crippen LogP contribution < -0.4 is 0 Å². The van der Waals surface area contributed by atoms with E-state index in [-0.39, 0.29) is 19.0 Å². The molecule has 0 bridgehead atoms. The van der Waals surface area contributed by atoms with E-state index in [1.165, 1.54) is 12.1 Å². The Morgan fingerprint density at radius 1 is 1.04 bits per heavy atom. The number of hydrogen-bond acceptors (Lipinski definition) is 4. The highest BCUT2D eigenvalue weighted by molar-refractivity contribution is 7.54. The topological polar surface area (TPSA) is 55.8 Å². The van der Waals surface area contributed by atoms with Crippen LogP contribution in [0.5, 0.6) is 0 Å². The van der Waals surface area contributed by atoms with Gasteiger partial charge in [-0.25, -0.2) is 4.39 Å². The van der Waals surface area contributed by atoms with Gasteiger partial charge in [-0.1, -0.05) is 30.0 Å². The number of rotatable bonds is 6. The summed E-state index contributed by atoms with van der Waals surface area (Å²) in [6.45, 7) is 3.66. The van der Waals surface area contributed by atoms with Gasteiger partial charge in [-0.2, -0.15) is 0 Å². The molecule has 0 fully saturated rings. The van der Waals surface area contributed by atoms with Gasteiger partial charge in [0.25, 0.3) is 0 Å². The molecule has 0 saturated heterocycles. The predicted molar refractivity (Wildman–Crippen MR) is 94.6 cm³/mol. The van der Waals surface area contributed by atoms with Crippen LogP contribution >= 0.6 is 7.60 Å². The van der Waals surface area contributed by atoms with Crippen molar-refractivity contribution in [3.8, 4) is 11.8 Å². The van der Waals surface area contributed by atoms with Crippen molar-refractivity contribution in [2.45, 2.75) is 19.7 Å². The molecular formula is C19H20FO4P. The van der Waals surface area contributed by atoms with Crippen LogP contribution in [0.4, 0.5) is 4.39 Å². The zero-order valence-electron chi connectivity index (χ0n) is 14.1. The first-order valence-corrected chi connectivity index (χ1v) is 9.54. The maximum absolute atomic E-state index is 13.0. The summed E-state index contributed by atoms with van der Waals surface area (Å²) in [6.07, 6.45) is 0. The minimum atomic E-state index is -3.72. The minimum Gasteiger partial charge on any atom is -0.376 e. The average Bonchev–Trinajstić information content (AvgIpc) is 2.61. The molecule has 0 aromatic heterocycles.